The van der Waals surface area contributed by atoms with Crippen LogP contribution in [0.5, 0.6) is 0 Å². The molecule has 0 radical (unpaired) electrons. The molecule has 0 atom stereocenters. The monoisotopic (exact) mass is 388 g/mol. The van der Waals surface area contributed by atoms with Gasteiger partial charge in [-0.05, 0) is 22.0 Å². The van der Waals surface area contributed by atoms with Gasteiger partial charge in [-0.15, -0.1) is 0 Å². The summed E-state index contributed by atoms with van der Waals surface area (Å²) >= 11 is 9.08. The van der Waals surface area contributed by atoms with E-state index in [1.165, 1.54) is 24.8 Å². The molecule has 8 nitrogen and oxygen atoms in total. The fraction of sp³-hybridized carbons (Fsp3) is 0. The van der Waals surface area contributed by atoms with Gasteiger partial charge in [-0.3, -0.25) is 4.98 Å². The number of rotatable bonds is 3. The summed E-state index contributed by atoms with van der Waals surface area (Å²) in [7, 11) is -3.87. The highest BCUT2D eigenvalue weighted by molar-refractivity contribution is 9.10. The SMILES string of the molecule is O=S(=O)(Nc1nc(Cl)c2[nH]cnc2n1)c1cncc(Br)c1. The van der Waals surface area contributed by atoms with Crippen molar-refractivity contribution in [3.8, 4) is 0 Å². The van der Waals surface area contributed by atoms with E-state index in [0.717, 1.165) is 0 Å². The van der Waals surface area contributed by atoms with Gasteiger partial charge in [-0.2, -0.15) is 9.97 Å². The molecule has 108 valence electrons. The van der Waals surface area contributed by atoms with Crippen molar-refractivity contribution in [1.82, 2.24) is 24.9 Å². The molecule has 0 aliphatic carbocycles. The Bertz CT molecular complexity index is 928. The number of halogens is 2. The number of anilines is 1. The predicted molar refractivity (Wildman–Crippen MR) is 79.4 cm³/mol. The fourth-order valence-electron chi connectivity index (χ4n) is 1.56. The summed E-state index contributed by atoms with van der Waals surface area (Å²) in [5.41, 5.74) is 0.698. The smallest absolute Gasteiger partial charge is 0.265 e. The number of pyridine rings is 1. The van der Waals surface area contributed by atoms with Crippen LogP contribution in [0, 0.1) is 0 Å². The van der Waals surface area contributed by atoms with Crippen molar-refractivity contribution >= 4 is 54.7 Å². The van der Waals surface area contributed by atoms with Crippen molar-refractivity contribution < 1.29 is 8.42 Å². The number of nitrogens with one attached hydrogen (secondary N) is 2. The number of aromatic nitrogens is 5. The normalized spacial score (nSPS) is 11.7. The van der Waals surface area contributed by atoms with Crippen molar-refractivity contribution in [3.63, 3.8) is 0 Å². The minimum atomic E-state index is -3.87. The Morgan fingerprint density at radius 2 is 2.10 bits per heavy atom. The number of H-pyrrole nitrogens is 1. The van der Waals surface area contributed by atoms with Gasteiger partial charge in [0.15, 0.2) is 10.8 Å². The summed E-state index contributed by atoms with van der Waals surface area (Å²) in [5.74, 6) is -0.167. The van der Waals surface area contributed by atoms with Crippen LogP contribution in [-0.4, -0.2) is 33.3 Å². The molecule has 0 bridgehead atoms. The van der Waals surface area contributed by atoms with Crippen LogP contribution in [0.25, 0.3) is 11.2 Å². The van der Waals surface area contributed by atoms with Crippen molar-refractivity contribution in [2.24, 2.45) is 0 Å². The maximum absolute atomic E-state index is 12.2. The van der Waals surface area contributed by atoms with E-state index in [2.05, 4.69) is 45.6 Å². The topological polar surface area (TPSA) is 114 Å². The number of sulfonamides is 1. The number of imidazole rings is 1. The van der Waals surface area contributed by atoms with Gasteiger partial charge in [0.25, 0.3) is 10.0 Å². The molecule has 0 amide bonds. The van der Waals surface area contributed by atoms with Crippen LogP contribution in [0.3, 0.4) is 0 Å². The van der Waals surface area contributed by atoms with E-state index < -0.39 is 10.0 Å². The minimum Gasteiger partial charge on any atom is -0.341 e. The Balaban J connectivity index is 2.01. The molecule has 0 unspecified atom stereocenters. The lowest BCUT2D eigenvalue weighted by Gasteiger charge is -2.06. The van der Waals surface area contributed by atoms with Crippen molar-refractivity contribution in [1.29, 1.82) is 0 Å². The van der Waals surface area contributed by atoms with E-state index in [-0.39, 0.29) is 21.6 Å². The molecule has 3 rings (SSSR count). The lowest BCUT2D eigenvalue weighted by atomic mass is 10.5. The second kappa shape index (κ2) is 5.20. The zero-order valence-corrected chi connectivity index (χ0v) is 13.2. The van der Waals surface area contributed by atoms with Gasteiger partial charge in [-0.25, -0.2) is 18.1 Å². The molecule has 2 N–H and O–H groups in total. The second-order valence-corrected chi connectivity index (χ2v) is 6.84. The van der Waals surface area contributed by atoms with Crippen LogP contribution in [0.15, 0.2) is 34.2 Å². The number of fused-ring (bicyclic) bond motifs is 1. The quantitative estimate of drug-likeness (QED) is 0.662. The lowest BCUT2D eigenvalue weighted by Crippen LogP contribution is -2.15. The zero-order chi connectivity index (χ0) is 15.0. The highest BCUT2D eigenvalue weighted by Crippen LogP contribution is 2.21. The number of hydrogen-bond acceptors (Lipinski definition) is 6. The van der Waals surface area contributed by atoms with Gasteiger partial charge in [0, 0.05) is 16.9 Å². The molecule has 3 aromatic rings. The maximum atomic E-state index is 12.2. The first kappa shape index (κ1) is 14.2. The number of hydrogen-bond donors (Lipinski definition) is 2. The van der Waals surface area contributed by atoms with Crippen LogP contribution in [0.1, 0.15) is 0 Å². The minimum absolute atomic E-state index is 0.0290. The molecule has 3 aromatic heterocycles. The van der Waals surface area contributed by atoms with E-state index in [9.17, 15) is 8.42 Å². The Morgan fingerprint density at radius 3 is 2.86 bits per heavy atom. The molecule has 3 heterocycles. The summed E-state index contributed by atoms with van der Waals surface area (Å²) in [6.07, 6.45) is 4.08. The highest BCUT2D eigenvalue weighted by atomic mass is 79.9. The van der Waals surface area contributed by atoms with E-state index in [0.29, 0.717) is 9.99 Å². The Labute approximate surface area is 132 Å². The van der Waals surface area contributed by atoms with Crippen LogP contribution in [0.2, 0.25) is 5.15 Å². The van der Waals surface area contributed by atoms with Gasteiger partial charge >= 0.3 is 0 Å². The molecule has 0 aliphatic heterocycles. The van der Waals surface area contributed by atoms with Gasteiger partial charge in [0.2, 0.25) is 5.95 Å². The van der Waals surface area contributed by atoms with Gasteiger partial charge in [0.1, 0.15) is 10.4 Å². The van der Waals surface area contributed by atoms with Crippen LogP contribution in [-0.2, 0) is 10.0 Å². The van der Waals surface area contributed by atoms with Gasteiger partial charge in [0.05, 0.1) is 6.33 Å². The first-order chi connectivity index (χ1) is 9.95. The largest absolute Gasteiger partial charge is 0.341 e. The van der Waals surface area contributed by atoms with Gasteiger partial charge < -0.3 is 4.98 Å². The Kier molecular flexibility index (Phi) is 3.51. The molecule has 0 spiro atoms. The summed E-state index contributed by atoms with van der Waals surface area (Å²) in [6.45, 7) is 0. The lowest BCUT2D eigenvalue weighted by molar-refractivity contribution is 0.600. The third kappa shape index (κ3) is 2.82. The van der Waals surface area contributed by atoms with Crippen molar-refractivity contribution in [2.75, 3.05) is 4.72 Å². The molecule has 0 saturated carbocycles. The highest BCUT2D eigenvalue weighted by Gasteiger charge is 2.18. The third-order valence-electron chi connectivity index (χ3n) is 2.46. The molecular formula is C10H6BrClN6O2S. The molecule has 0 aliphatic rings. The van der Waals surface area contributed by atoms with Crippen LogP contribution < -0.4 is 4.72 Å². The average molecular weight is 390 g/mol. The predicted octanol–water partition coefficient (Wildman–Crippen LogP) is 1.96. The Morgan fingerprint density at radius 1 is 1.29 bits per heavy atom. The second-order valence-electron chi connectivity index (χ2n) is 3.88. The molecule has 0 aromatic carbocycles. The summed E-state index contributed by atoms with van der Waals surface area (Å²) in [5, 5.41) is 0.0718. The fourth-order valence-corrected chi connectivity index (χ4v) is 3.23. The molecule has 0 saturated heterocycles. The first-order valence-corrected chi connectivity index (χ1v) is 8.11. The third-order valence-corrected chi connectivity index (χ3v) is 4.46. The number of nitrogens with zero attached hydrogens (tertiary/aromatic N) is 4. The van der Waals surface area contributed by atoms with E-state index in [1.807, 2.05) is 0 Å². The summed E-state index contributed by atoms with van der Waals surface area (Å²) < 4.78 is 27.2. The molecule has 21 heavy (non-hydrogen) atoms. The van der Waals surface area contributed by atoms with Gasteiger partial charge in [-0.1, -0.05) is 11.6 Å². The standard InChI is InChI=1S/C10H6BrClN6O2S/c11-5-1-6(3-13-2-5)21(19,20)18-10-16-8(12)7-9(17-10)15-4-14-7/h1-4H,(H2,14,15,16,17,18). The first-order valence-electron chi connectivity index (χ1n) is 5.46. The summed E-state index contributed by atoms with van der Waals surface area (Å²) in [6, 6.07) is 1.41. The zero-order valence-electron chi connectivity index (χ0n) is 10.1. The maximum Gasteiger partial charge on any atom is 0.265 e. The van der Waals surface area contributed by atoms with Crippen LogP contribution in [0.4, 0.5) is 5.95 Å². The average Bonchev–Trinajstić information content (AvgIpc) is 2.87. The number of aromatic amines is 1. The molecular weight excluding hydrogens is 384 g/mol. The van der Waals surface area contributed by atoms with Crippen LogP contribution >= 0.6 is 27.5 Å². The van der Waals surface area contributed by atoms with Crippen molar-refractivity contribution in [3.05, 3.63) is 34.4 Å². The molecule has 0 fully saturated rings. The van der Waals surface area contributed by atoms with E-state index in [4.69, 9.17) is 11.6 Å². The van der Waals surface area contributed by atoms with E-state index >= 15 is 0 Å². The molecule has 11 heteroatoms. The summed E-state index contributed by atoms with van der Waals surface area (Å²) in [4.78, 5) is 18.3. The van der Waals surface area contributed by atoms with E-state index in [1.54, 1.807) is 0 Å². The Hall–Kier alpha value is -1.78. The van der Waals surface area contributed by atoms with Crippen molar-refractivity contribution in [2.45, 2.75) is 4.90 Å².